The molecule has 0 radical (unpaired) electrons. The van der Waals surface area contributed by atoms with E-state index in [-0.39, 0.29) is 18.7 Å². The van der Waals surface area contributed by atoms with Gasteiger partial charge >= 0.3 is 12.4 Å². The topological polar surface area (TPSA) is 66.4 Å². The third-order valence-electron chi connectivity index (χ3n) is 4.38. The van der Waals surface area contributed by atoms with E-state index >= 15 is 0 Å². The van der Waals surface area contributed by atoms with Crippen molar-refractivity contribution in [3.05, 3.63) is 24.3 Å². The van der Waals surface area contributed by atoms with Gasteiger partial charge in [0.15, 0.2) is 5.12 Å². The standard InChI is InChI=1S/C16H17F6NO3S/c1-2-10(24)9-13(25)27(14(26,15(17,18)19)16(20,21)22)8-7-23-11-5-3-4-6-12(11)27/h3-6,23,26H,2,7-9H2,1H3. The molecule has 0 fully saturated rings. The summed E-state index contributed by atoms with van der Waals surface area (Å²) in [6, 6.07) is 4.77. The van der Waals surface area contributed by atoms with Crippen molar-refractivity contribution in [2.75, 3.05) is 17.6 Å². The molecule has 0 amide bonds. The minimum Gasteiger partial charge on any atom is -0.383 e. The molecule has 0 aromatic heterocycles. The zero-order chi connectivity index (χ0) is 20.7. The molecule has 1 aliphatic heterocycles. The monoisotopic (exact) mass is 417 g/mol. The average Bonchev–Trinajstić information content (AvgIpc) is 2.58. The molecule has 1 aromatic rings. The van der Waals surface area contributed by atoms with E-state index in [9.17, 15) is 41.0 Å². The van der Waals surface area contributed by atoms with Crippen LogP contribution in [0.25, 0.3) is 0 Å². The van der Waals surface area contributed by atoms with Crippen LogP contribution in [0.1, 0.15) is 19.8 Å². The smallest absolute Gasteiger partial charge is 0.383 e. The lowest BCUT2D eigenvalue weighted by atomic mass is 10.2. The van der Waals surface area contributed by atoms with E-state index in [4.69, 9.17) is 0 Å². The maximum atomic E-state index is 13.7. The Hall–Kier alpha value is -1.75. The lowest BCUT2D eigenvalue weighted by Crippen LogP contribution is -2.62. The molecule has 11 heteroatoms. The van der Waals surface area contributed by atoms with Crippen LogP contribution in [0.2, 0.25) is 0 Å². The molecule has 0 aliphatic carbocycles. The number of rotatable bonds is 4. The predicted molar refractivity (Wildman–Crippen MR) is 87.6 cm³/mol. The number of aliphatic hydroxyl groups is 1. The first-order chi connectivity index (χ1) is 12.3. The maximum Gasteiger partial charge on any atom is 0.435 e. The molecule has 1 heterocycles. The number of ketones is 1. The lowest BCUT2D eigenvalue weighted by Gasteiger charge is -2.53. The van der Waals surface area contributed by atoms with E-state index < -0.39 is 55.3 Å². The predicted octanol–water partition coefficient (Wildman–Crippen LogP) is 3.98. The average molecular weight is 417 g/mol. The van der Waals surface area contributed by atoms with Crippen molar-refractivity contribution in [3.8, 4) is 0 Å². The molecule has 0 bridgehead atoms. The van der Waals surface area contributed by atoms with Gasteiger partial charge in [0.2, 0.25) is 0 Å². The third-order valence-corrected chi connectivity index (χ3v) is 8.70. The fourth-order valence-electron chi connectivity index (χ4n) is 3.04. The molecular weight excluding hydrogens is 400 g/mol. The highest BCUT2D eigenvalue weighted by atomic mass is 32.3. The number of halogens is 6. The highest BCUT2D eigenvalue weighted by molar-refractivity contribution is 8.46. The molecule has 152 valence electrons. The molecule has 0 spiro atoms. The third kappa shape index (κ3) is 3.20. The Kier molecular flexibility index (Phi) is 5.59. The minimum atomic E-state index is -6.17. The number of benzene rings is 1. The summed E-state index contributed by atoms with van der Waals surface area (Å²) in [5, 5.41) is 11.3. The fraction of sp³-hybridized carbons (Fsp3) is 0.500. The summed E-state index contributed by atoms with van der Waals surface area (Å²) in [4.78, 5) is 18.7. The molecule has 0 saturated heterocycles. The van der Waals surface area contributed by atoms with Crippen molar-refractivity contribution in [3.63, 3.8) is 0 Å². The van der Waals surface area contributed by atoms with Gasteiger partial charge in [-0.05, 0) is 12.1 Å². The van der Waals surface area contributed by atoms with Gasteiger partial charge in [0.05, 0.1) is 6.42 Å². The number of alkyl halides is 6. The van der Waals surface area contributed by atoms with Crippen molar-refractivity contribution in [1.29, 1.82) is 0 Å². The summed E-state index contributed by atoms with van der Waals surface area (Å²) >= 11 is 0. The van der Waals surface area contributed by atoms with E-state index in [1.165, 1.54) is 25.1 Å². The Morgan fingerprint density at radius 2 is 1.67 bits per heavy atom. The zero-order valence-electron chi connectivity index (χ0n) is 14.1. The van der Waals surface area contributed by atoms with E-state index in [1.54, 1.807) is 0 Å². The van der Waals surface area contributed by atoms with Crippen molar-refractivity contribution >= 4 is 26.6 Å². The van der Waals surface area contributed by atoms with Crippen LogP contribution in [-0.2, 0) is 9.59 Å². The number of fused-ring (bicyclic) bond motifs is 1. The Balaban J connectivity index is 2.87. The van der Waals surface area contributed by atoms with E-state index in [0.29, 0.717) is 0 Å². The van der Waals surface area contributed by atoms with Crippen LogP contribution in [0.5, 0.6) is 0 Å². The first kappa shape index (κ1) is 21.5. The van der Waals surface area contributed by atoms with Gasteiger partial charge in [0.1, 0.15) is 5.78 Å². The van der Waals surface area contributed by atoms with Crippen LogP contribution in [0.4, 0.5) is 32.0 Å². The minimum absolute atomic E-state index is 0.0945. The van der Waals surface area contributed by atoms with Gasteiger partial charge in [-0.15, -0.1) is 10.0 Å². The van der Waals surface area contributed by atoms with Crippen LogP contribution in [0.15, 0.2) is 29.2 Å². The molecule has 0 saturated carbocycles. The van der Waals surface area contributed by atoms with Gasteiger partial charge in [0, 0.05) is 29.3 Å². The molecule has 2 N–H and O–H groups in total. The number of para-hydroxylation sites is 1. The normalized spacial score (nSPS) is 23.0. The number of nitrogens with one attached hydrogen (secondary N) is 1. The zero-order valence-corrected chi connectivity index (χ0v) is 14.9. The number of anilines is 1. The quantitative estimate of drug-likeness (QED) is 0.575. The van der Waals surface area contributed by atoms with Crippen LogP contribution in [-0.4, -0.2) is 45.6 Å². The number of hydrogen-bond donors (Lipinski definition) is 2. The molecule has 1 aromatic carbocycles. The first-order valence-electron chi connectivity index (χ1n) is 7.87. The molecule has 1 aliphatic rings. The van der Waals surface area contributed by atoms with Crippen molar-refractivity contribution in [1.82, 2.24) is 0 Å². The Bertz CT molecular complexity index is 734. The molecule has 1 unspecified atom stereocenters. The summed E-state index contributed by atoms with van der Waals surface area (Å²) in [5.74, 6) is -1.69. The largest absolute Gasteiger partial charge is 0.435 e. The van der Waals surface area contributed by atoms with Crippen molar-refractivity contribution in [2.45, 2.75) is 41.9 Å². The highest BCUT2D eigenvalue weighted by Gasteiger charge is 2.80. The van der Waals surface area contributed by atoms with Crippen LogP contribution in [0, 0.1) is 0 Å². The molecule has 1 atom stereocenters. The van der Waals surface area contributed by atoms with Gasteiger partial charge in [-0.1, -0.05) is 19.1 Å². The van der Waals surface area contributed by atoms with Gasteiger partial charge in [-0.3, -0.25) is 9.59 Å². The Morgan fingerprint density at radius 3 is 2.19 bits per heavy atom. The number of carbonyl (C=O) groups is 2. The second kappa shape index (κ2) is 7.01. The van der Waals surface area contributed by atoms with E-state index in [2.05, 4.69) is 5.32 Å². The van der Waals surface area contributed by atoms with Gasteiger partial charge < -0.3 is 10.4 Å². The number of carbonyl (C=O) groups excluding carboxylic acids is 2. The SMILES string of the molecule is CCC(=O)CC(=O)S1(C(O)(C(F)(F)F)C(F)(F)F)CCNc2ccccc21. The molecular formula is C16H17F6NO3S. The maximum absolute atomic E-state index is 13.7. The summed E-state index contributed by atoms with van der Waals surface area (Å²) < 4.78 is 82.2. The first-order valence-corrected chi connectivity index (χ1v) is 9.67. The van der Waals surface area contributed by atoms with Crippen LogP contribution < -0.4 is 5.32 Å². The molecule has 27 heavy (non-hydrogen) atoms. The second-order valence-electron chi connectivity index (χ2n) is 5.95. The van der Waals surface area contributed by atoms with Gasteiger partial charge in [0.25, 0.3) is 4.93 Å². The molecule has 4 nitrogen and oxygen atoms in total. The second-order valence-corrected chi connectivity index (χ2v) is 9.32. The summed E-state index contributed by atoms with van der Waals surface area (Å²) in [5.41, 5.74) is -0.0945. The summed E-state index contributed by atoms with van der Waals surface area (Å²) in [6.45, 7) is 0.959. The lowest BCUT2D eigenvalue weighted by molar-refractivity contribution is -0.329. The number of hydrogen-bond acceptors (Lipinski definition) is 4. The summed E-state index contributed by atoms with van der Waals surface area (Å²) in [6.07, 6.45) is -13.7. The fourth-order valence-corrected chi connectivity index (χ4v) is 7.11. The number of Topliss-reactive ketones (excluding diaryl/α,β-unsaturated/α-hetero) is 1. The Labute approximate surface area is 152 Å². The van der Waals surface area contributed by atoms with Crippen LogP contribution in [0.3, 0.4) is 0 Å². The summed E-state index contributed by atoms with van der Waals surface area (Å²) in [7, 11) is -4.61. The van der Waals surface area contributed by atoms with Gasteiger partial charge in [-0.2, -0.15) is 26.3 Å². The molecule has 2 rings (SSSR count). The van der Waals surface area contributed by atoms with E-state index in [1.807, 2.05) is 0 Å². The van der Waals surface area contributed by atoms with Crippen molar-refractivity contribution < 1.29 is 41.0 Å². The van der Waals surface area contributed by atoms with Gasteiger partial charge in [-0.25, -0.2) is 0 Å². The Morgan fingerprint density at radius 1 is 1.11 bits per heavy atom. The van der Waals surface area contributed by atoms with Crippen LogP contribution >= 0.6 is 10.0 Å². The van der Waals surface area contributed by atoms with E-state index in [0.717, 1.165) is 6.07 Å². The van der Waals surface area contributed by atoms with Crippen molar-refractivity contribution in [2.24, 2.45) is 0 Å². The highest BCUT2D eigenvalue weighted by Crippen LogP contribution is 2.75.